The summed E-state index contributed by atoms with van der Waals surface area (Å²) in [6, 6.07) is 6.75. The summed E-state index contributed by atoms with van der Waals surface area (Å²) in [7, 11) is 0. The highest BCUT2D eigenvalue weighted by Crippen LogP contribution is 2.01. The van der Waals surface area contributed by atoms with Crippen molar-refractivity contribution in [1.82, 2.24) is 0 Å². The molecule has 1 aromatic rings. The van der Waals surface area contributed by atoms with Crippen molar-refractivity contribution < 1.29 is 19.8 Å². The Balaban J connectivity index is 0.000000336. The summed E-state index contributed by atoms with van der Waals surface area (Å²) in [6.07, 6.45) is 0.833. The molecule has 0 fully saturated rings. The molecule has 0 aliphatic carbocycles. The van der Waals surface area contributed by atoms with E-state index in [1.165, 1.54) is 0 Å². The fourth-order valence-electron chi connectivity index (χ4n) is 0.696. The van der Waals surface area contributed by atoms with Crippen LogP contribution in [0.3, 0.4) is 0 Å². The molecule has 0 atom stereocenters. The molecular weight excluding hydrogens is 196 g/mol. The maximum Gasteiger partial charge on any atom is 0.335 e. The number of benzene rings is 1. The average Bonchev–Trinajstić information content (AvgIpc) is 2.19. The second-order valence-electron chi connectivity index (χ2n) is 2.71. The van der Waals surface area contributed by atoms with E-state index in [2.05, 4.69) is 6.58 Å². The summed E-state index contributed by atoms with van der Waals surface area (Å²) >= 11 is 0. The Morgan fingerprint density at radius 2 is 1.60 bits per heavy atom. The van der Waals surface area contributed by atoms with Gasteiger partial charge in [0.05, 0.1) is 5.56 Å². The van der Waals surface area contributed by atoms with E-state index in [1.54, 1.807) is 24.3 Å². The predicted octanol–water partition coefficient (Wildman–Crippen LogP) is 1.95. The van der Waals surface area contributed by atoms with Gasteiger partial charge in [0.2, 0.25) is 0 Å². The van der Waals surface area contributed by atoms with Crippen LogP contribution in [0.4, 0.5) is 0 Å². The van der Waals surface area contributed by atoms with Gasteiger partial charge in [0.15, 0.2) is 0 Å². The molecule has 0 amide bonds. The normalized spacial score (nSPS) is 8.33. The van der Waals surface area contributed by atoms with Gasteiger partial charge in [-0.3, -0.25) is 0 Å². The molecule has 0 saturated carbocycles. The minimum Gasteiger partial charge on any atom is -0.478 e. The standard InChI is InChI=1S/C8H8O2.C3H4O2/c1-6-2-4-7(5-3-6)8(9)10;1-2-3(4)5/h2-5H,1H3,(H,9,10);2H,1H2,(H,4,5). The van der Waals surface area contributed by atoms with E-state index in [4.69, 9.17) is 10.2 Å². The third-order valence-corrected chi connectivity index (χ3v) is 1.47. The molecule has 0 radical (unpaired) electrons. The van der Waals surface area contributed by atoms with E-state index in [0.717, 1.165) is 11.6 Å². The van der Waals surface area contributed by atoms with Crippen molar-refractivity contribution in [2.45, 2.75) is 6.92 Å². The monoisotopic (exact) mass is 208 g/mol. The SMILES string of the molecule is C=CC(=O)O.Cc1ccc(C(=O)O)cc1. The quantitative estimate of drug-likeness (QED) is 0.728. The third kappa shape index (κ3) is 6.04. The topological polar surface area (TPSA) is 74.6 Å². The van der Waals surface area contributed by atoms with Gasteiger partial charge in [-0.2, -0.15) is 0 Å². The van der Waals surface area contributed by atoms with Gasteiger partial charge in [-0.1, -0.05) is 24.3 Å². The first-order valence-corrected chi connectivity index (χ1v) is 4.12. The van der Waals surface area contributed by atoms with Crippen LogP contribution in [0.25, 0.3) is 0 Å². The molecule has 15 heavy (non-hydrogen) atoms. The molecule has 1 aromatic carbocycles. The second kappa shape index (κ2) is 6.37. The molecule has 0 aliphatic heterocycles. The maximum atomic E-state index is 10.3. The van der Waals surface area contributed by atoms with E-state index in [1.807, 2.05) is 6.92 Å². The number of rotatable bonds is 2. The number of carboxylic acids is 2. The lowest BCUT2D eigenvalue weighted by molar-refractivity contribution is -0.131. The molecular formula is C11H12O4. The third-order valence-electron chi connectivity index (χ3n) is 1.47. The minimum absolute atomic E-state index is 0.339. The number of hydrogen-bond acceptors (Lipinski definition) is 2. The zero-order chi connectivity index (χ0) is 11.8. The average molecular weight is 208 g/mol. The maximum absolute atomic E-state index is 10.3. The van der Waals surface area contributed by atoms with Crippen molar-refractivity contribution in [2.75, 3.05) is 0 Å². The number of aliphatic carboxylic acids is 1. The lowest BCUT2D eigenvalue weighted by Crippen LogP contribution is -1.94. The van der Waals surface area contributed by atoms with Crippen LogP contribution in [-0.2, 0) is 4.79 Å². The zero-order valence-electron chi connectivity index (χ0n) is 8.30. The number of aryl methyl sites for hydroxylation is 1. The molecule has 0 spiro atoms. The number of carboxylic acid groups (broad SMARTS) is 2. The molecule has 4 nitrogen and oxygen atoms in total. The van der Waals surface area contributed by atoms with Crippen molar-refractivity contribution in [2.24, 2.45) is 0 Å². The van der Waals surface area contributed by atoms with E-state index in [-0.39, 0.29) is 0 Å². The van der Waals surface area contributed by atoms with Gasteiger partial charge in [-0.15, -0.1) is 0 Å². The molecule has 0 unspecified atom stereocenters. The first kappa shape index (κ1) is 12.9. The summed E-state index contributed by atoms with van der Waals surface area (Å²) in [5.41, 5.74) is 1.41. The van der Waals surface area contributed by atoms with Crippen molar-refractivity contribution in [3.8, 4) is 0 Å². The summed E-state index contributed by atoms with van der Waals surface area (Å²) < 4.78 is 0. The van der Waals surface area contributed by atoms with Crippen LogP contribution in [0, 0.1) is 6.92 Å². The summed E-state index contributed by atoms with van der Waals surface area (Å²) in [4.78, 5) is 19.6. The highest BCUT2D eigenvalue weighted by Gasteiger charge is 1.98. The Hall–Kier alpha value is -2.10. The molecule has 2 N–H and O–H groups in total. The highest BCUT2D eigenvalue weighted by molar-refractivity contribution is 5.87. The van der Waals surface area contributed by atoms with Crippen molar-refractivity contribution in [3.63, 3.8) is 0 Å². The Bertz CT molecular complexity index is 351. The van der Waals surface area contributed by atoms with Crippen LogP contribution in [0.2, 0.25) is 0 Å². The molecule has 0 heterocycles. The van der Waals surface area contributed by atoms with E-state index >= 15 is 0 Å². The first-order chi connectivity index (χ1) is 6.97. The van der Waals surface area contributed by atoms with Crippen LogP contribution in [0.1, 0.15) is 15.9 Å². The summed E-state index contributed by atoms with van der Waals surface area (Å²) in [5.74, 6) is -1.86. The Morgan fingerprint density at radius 3 is 1.87 bits per heavy atom. The van der Waals surface area contributed by atoms with E-state index in [0.29, 0.717) is 5.56 Å². The fourth-order valence-corrected chi connectivity index (χ4v) is 0.696. The van der Waals surface area contributed by atoms with Gasteiger partial charge >= 0.3 is 11.9 Å². The molecule has 1 rings (SSSR count). The lowest BCUT2D eigenvalue weighted by atomic mass is 10.2. The van der Waals surface area contributed by atoms with Gasteiger partial charge in [-0.05, 0) is 19.1 Å². The molecule has 0 saturated heterocycles. The van der Waals surface area contributed by atoms with Crippen LogP contribution < -0.4 is 0 Å². The minimum atomic E-state index is -0.981. The molecule has 0 bridgehead atoms. The first-order valence-electron chi connectivity index (χ1n) is 4.12. The largest absolute Gasteiger partial charge is 0.478 e. The van der Waals surface area contributed by atoms with Crippen LogP contribution in [-0.4, -0.2) is 22.2 Å². The predicted molar refractivity (Wildman–Crippen MR) is 56.0 cm³/mol. The summed E-state index contributed by atoms with van der Waals surface area (Å²) in [6.45, 7) is 4.88. The fraction of sp³-hybridized carbons (Fsp3) is 0.0909. The molecule has 80 valence electrons. The van der Waals surface area contributed by atoms with Gasteiger partial charge in [-0.25, -0.2) is 9.59 Å². The Morgan fingerprint density at radius 1 is 1.20 bits per heavy atom. The van der Waals surface area contributed by atoms with Crippen LogP contribution in [0.5, 0.6) is 0 Å². The number of aromatic carboxylic acids is 1. The number of carbonyl (C=O) groups is 2. The Labute approximate surface area is 87.5 Å². The van der Waals surface area contributed by atoms with Crippen molar-refractivity contribution >= 4 is 11.9 Å². The molecule has 0 aliphatic rings. The van der Waals surface area contributed by atoms with Crippen LogP contribution in [0.15, 0.2) is 36.9 Å². The molecule has 4 heteroatoms. The zero-order valence-corrected chi connectivity index (χ0v) is 8.30. The second-order valence-corrected chi connectivity index (χ2v) is 2.71. The highest BCUT2D eigenvalue weighted by atomic mass is 16.4. The van der Waals surface area contributed by atoms with Crippen molar-refractivity contribution in [1.29, 1.82) is 0 Å². The van der Waals surface area contributed by atoms with Gasteiger partial charge in [0, 0.05) is 6.08 Å². The van der Waals surface area contributed by atoms with Gasteiger partial charge < -0.3 is 10.2 Å². The lowest BCUT2D eigenvalue weighted by Gasteiger charge is -1.92. The summed E-state index contributed by atoms with van der Waals surface area (Å²) in [5, 5.41) is 16.1. The smallest absolute Gasteiger partial charge is 0.335 e. The van der Waals surface area contributed by atoms with Gasteiger partial charge in [0.1, 0.15) is 0 Å². The van der Waals surface area contributed by atoms with Gasteiger partial charge in [0.25, 0.3) is 0 Å². The Kier molecular flexibility index (Phi) is 5.48. The van der Waals surface area contributed by atoms with Crippen molar-refractivity contribution in [3.05, 3.63) is 48.0 Å². The number of hydrogen-bond donors (Lipinski definition) is 2. The molecule has 0 aromatic heterocycles. The van der Waals surface area contributed by atoms with E-state index < -0.39 is 11.9 Å². The van der Waals surface area contributed by atoms with Crippen LogP contribution >= 0.6 is 0 Å². The van der Waals surface area contributed by atoms with E-state index in [9.17, 15) is 9.59 Å².